The highest BCUT2D eigenvalue weighted by molar-refractivity contribution is 5.92. The topological polar surface area (TPSA) is 137 Å². The Morgan fingerprint density at radius 1 is 0.735 bits per heavy atom. The molecule has 34 heavy (non-hydrogen) atoms. The van der Waals surface area contributed by atoms with E-state index in [2.05, 4.69) is 21.3 Å². The minimum Gasteiger partial charge on any atom is -0.480 e. The molecule has 0 aliphatic carbocycles. The molecule has 0 saturated carbocycles. The number of nitrogens with one attached hydrogen (secondary N) is 4. The van der Waals surface area contributed by atoms with E-state index < -0.39 is 29.9 Å². The van der Waals surface area contributed by atoms with Gasteiger partial charge in [-0.15, -0.1) is 0 Å². The lowest BCUT2D eigenvalue weighted by Gasteiger charge is -2.22. The van der Waals surface area contributed by atoms with Crippen molar-refractivity contribution >= 4 is 23.7 Å². The molecule has 0 aromatic heterocycles. The third kappa shape index (κ3) is 9.83. The number of rotatable bonds is 13. The van der Waals surface area contributed by atoms with E-state index in [-0.39, 0.29) is 37.9 Å². The molecular weight excluding hydrogens is 436 g/mol. The Labute approximate surface area is 199 Å². The Kier molecular flexibility index (Phi) is 10.7. The summed E-state index contributed by atoms with van der Waals surface area (Å²) >= 11 is 0. The zero-order chi connectivity index (χ0) is 24.9. The molecule has 0 unspecified atom stereocenters. The summed E-state index contributed by atoms with van der Waals surface area (Å²) in [5, 5.41) is 20.2. The van der Waals surface area contributed by atoms with E-state index in [1.807, 2.05) is 50.2 Å². The second-order valence-corrected chi connectivity index (χ2v) is 8.21. The number of carbonyl (C=O) groups excluding carboxylic acids is 3. The predicted octanol–water partition coefficient (Wildman–Crippen LogP) is 0.640. The standard InChI is InChI=1S/C25H32N4O5/c1-17(2)26-15-22(30)27-16-23(31)28-20(13-18-9-5-3-6-10-18)24(32)29-21(25(33)34)14-19-11-7-4-8-12-19/h3-12,17,20-21,26H,13-16H2,1-2H3,(H,27,30)(H,28,31)(H,29,32)(H,33,34)/t20-,21-/m0/s1. The smallest absolute Gasteiger partial charge is 0.326 e. The maximum Gasteiger partial charge on any atom is 0.326 e. The molecule has 2 aromatic carbocycles. The van der Waals surface area contributed by atoms with Crippen LogP contribution >= 0.6 is 0 Å². The van der Waals surface area contributed by atoms with Gasteiger partial charge in [0, 0.05) is 18.9 Å². The Hall–Kier alpha value is -3.72. The summed E-state index contributed by atoms with van der Waals surface area (Å²) in [6, 6.07) is 16.0. The summed E-state index contributed by atoms with van der Waals surface area (Å²) in [5.74, 6) is -2.69. The van der Waals surface area contributed by atoms with Gasteiger partial charge < -0.3 is 26.4 Å². The fourth-order valence-electron chi connectivity index (χ4n) is 3.16. The van der Waals surface area contributed by atoms with Crippen molar-refractivity contribution in [3.63, 3.8) is 0 Å². The first kappa shape index (κ1) is 26.5. The number of amides is 3. The first-order valence-corrected chi connectivity index (χ1v) is 11.1. The number of aliphatic carboxylic acids is 1. The summed E-state index contributed by atoms with van der Waals surface area (Å²) in [4.78, 5) is 49.1. The van der Waals surface area contributed by atoms with Gasteiger partial charge in [-0.1, -0.05) is 74.5 Å². The lowest BCUT2D eigenvalue weighted by atomic mass is 10.0. The summed E-state index contributed by atoms with van der Waals surface area (Å²) < 4.78 is 0. The van der Waals surface area contributed by atoms with E-state index >= 15 is 0 Å². The molecular formula is C25H32N4O5. The van der Waals surface area contributed by atoms with Gasteiger partial charge in [0.1, 0.15) is 12.1 Å². The average Bonchev–Trinajstić information content (AvgIpc) is 2.81. The Balaban J connectivity index is 2.04. The quantitative estimate of drug-likeness (QED) is 0.293. The van der Waals surface area contributed by atoms with Crippen molar-refractivity contribution in [1.82, 2.24) is 21.3 Å². The highest BCUT2D eigenvalue weighted by Crippen LogP contribution is 2.07. The number of carbonyl (C=O) groups is 4. The zero-order valence-corrected chi connectivity index (χ0v) is 19.4. The monoisotopic (exact) mass is 468 g/mol. The SMILES string of the molecule is CC(C)NCC(=O)NCC(=O)N[C@@H](Cc1ccccc1)C(=O)N[C@@H](Cc1ccccc1)C(=O)O. The van der Waals surface area contributed by atoms with Crippen LogP contribution < -0.4 is 21.3 Å². The van der Waals surface area contributed by atoms with E-state index in [0.717, 1.165) is 11.1 Å². The molecule has 0 heterocycles. The van der Waals surface area contributed by atoms with Crippen LogP contribution in [-0.4, -0.2) is 60.0 Å². The van der Waals surface area contributed by atoms with E-state index in [1.165, 1.54) is 0 Å². The molecule has 2 rings (SSSR count). The van der Waals surface area contributed by atoms with Crippen molar-refractivity contribution in [1.29, 1.82) is 0 Å². The molecule has 0 fully saturated rings. The molecule has 2 atom stereocenters. The normalized spacial score (nSPS) is 12.4. The molecule has 0 aliphatic heterocycles. The van der Waals surface area contributed by atoms with Gasteiger partial charge in [-0.2, -0.15) is 0 Å². The highest BCUT2D eigenvalue weighted by atomic mass is 16.4. The van der Waals surface area contributed by atoms with Crippen LogP contribution in [0.3, 0.4) is 0 Å². The van der Waals surface area contributed by atoms with E-state index in [0.29, 0.717) is 0 Å². The van der Waals surface area contributed by atoms with Gasteiger partial charge >= 0.3 is 5.97 Å². The Morgan fingerprint density at radius 2 is 1.26 bits per heavy atom. The minimum atomic E-state index is -1.17. The summed E-state index contributed by atoms with van der Waals surface area (Å²) in [6.07, 6.45) is 0.270. The molecule has 2 aromatic rings. The van der Waals surface area contributed by atoms with Crippen molar-refractivity contribution in [2.45, 2.75) is 44.8 Å². The fraction of sp³-hybridized carbons (Fsp3) is 0.360. The highest BCUT2D eigenvalue weighted by Gasteiger charge is 2.27. The Bertz CT molecular complexity index is 950. The largest absolute Gasteiger partial charge is 0.480 e. The van der Waals surface area contributed by atoms with Gasteiger partial charge in [0.25, 0.3) is 0 Å². The summed E-state index contributed by atoms with van der Waals surface area (Å²) in [6.45, 7) is 3.56. The number of benzene rings is 2. The van der Waals surface area contributed by atoms with Crippen LogP contribution in [0.5, 0.6) is 0 Å². The molecule has 0 radical (unpaired) electrons. The van der Waals surface area contributed by atoms with Crippen molar-refractivity contribution in [3.05, 3.63) is 71.8 Å². The van der Waals surface area contributed by atoms with Gasteiger partial charge in [0.15, 0.2) is 0 Å². The van der Waals surface area contributed by atoms with Crippen molar-refractivity contribution in [2.24, 2.45) is 0 Å². The maximum atomic E-state index is 13.0. The number of hydrogen-bond acceptors (Lipinski definition) is 5. The third-order valence-corrected chi connectivity index (χ3v) is 4.95. The Morgan fingerprint density at radius 3 is 1.76 bits per heavy atom. The van der Waals surface area contributed by atoms with Crippen molar-refractivity contribution in [3.8, 4) is 0 Å². The fourth-order valence-corrected chi connectivity index (χ4v) is 3.16. The first-order chi connectivity index (χ1) is 16.2. The molecule has 182 valence electrons. The van der Waals surface area contributed by atoms with Gasteiger partial charge in [-0.25, -0.2) is 4.79 Å². The van der Waals surface area contributed by atoms with Crippen LogP contribution in [0, 0.1) is 0 Å². The molecule has 9 nitrogen and oxygen atoms in total. The van der Waals surface area contributed by atoms with E-state index in [4.69, 9.17) is 0 Å². The van der Waals surface area contributed by atoms with Gasteiger partial charge in [-0.05, 0) is 11.1 Å². The zero-order valence-electron chi connectivity index (χ0n) is 19.4. The number of carboxylic acid groups (broad SMARTS) is 1. The van der Waals surface area contributed by atoms with E-state index in [9.17, 15) is 24.3 Å². The van der Waals surface area contributed by atoms with Crippen LogP contribution in [0.4, 0.5) is 0 Å². The van der Waals surface area contributed by atoms with Gasteiger partial charge in [0.2, 0.25) is 17.7 Å². The second kappa shape index (κ2) is 13.7. The third-order valence-electron chi connectivity index (χ3n) is 4.95. The first-order valence-electron chi connectivity index (χ1n) is 11.1. The van der Waals surface area contributed by atoms with E-state index in [1.54, 1.807) is 24.3 Å². The lowest BCUT2D eigenvalue weighted by Crippen LogP contribution is -2.54. The van der Waals surface area contributed by atoms with Crippen LogP contribution in [0.1, 0.15) is 25.0 Å². The molecule has 0 spiro atoms. The van der Waals surface area contributed by atoms with Crippen LogP contribution in [0.25, 0.3) is 0 Å². The van der Waals surface area contributed by atoms with Gasteiger partial charge in [-0.3, -0.25) is 14.4 Å². The molecule has 5 N–H and O–H groups in total. The summed E-state index contributed by atoms with van der Waals surface area (Å²) in [7, 11) is 0. The summed E-state index contributed by atoms with van der Waals surface area (Å²) in [5.41, 5.74) is 1.56. The molecule has 0 saturated heterocycles. The van der Waals surface area contributed by atoms with Crippen LogP contribution in [0.15, 0.2) is 60.7 Å². The molecule has 0 bridgehead atoms. The number of carboxylic acids is 1. The maximum absolute atomic E-state index is 13.0. The second-order valence-electron chi connectivity index (χ2n) is 8.21. The molecule has 9 heteroatoms. The molecule has 0 aliphatic rings. The average molecular weight is 469 g/mol. The minimum absolute atomic E-state index is 0.0681. The number of hydrogen-bond donors (Lipinski definition) is 5. The van der Waals surface area contributed by atoms with Crippen LogP contribution in [-0.2, 0) is 32.0 Å². The van der Waals surface area contributed by atoms with Gasteiger partial charge in [0.05, 0.1) is 13.1 Å². The molecule has 3 amide bonds. The van der Waals surface area contributed by atoms with Crippen LogP contribution in [0.2, 0.25) is 0 Å². The van der Waals surface area contributed by atoms with Crippen molar-refractivity contribution in [2.75, 3.05) is 13.1 Å². The van der Waals surface area contributed by atoms with Crippen molar-refractivity contribution < 1.29 is 24.3 Å². The predicted molar refractivity (Wildman–Crippen MR) is 128 cm³/mol. The lowest BCUT2D eigenvalue weighted by molar-refractivity contribution is -0.142.